The summed E-state index contributed by atoms with van der Waals surface area (Å²) in [5.74, 6) is 0.795. The highest BCUT2D eigenvalue weighted by Gasteiger charge is 2.29. The number of hydrogen-bond donors (Lipinski definition) is 0. The first-order chi connectivity index (χ1) is 9.02. The van der Waals surface area contributed by atoms with Crippen molar-refractivity contribution >= 4 is 10.0 Å². The van der Waals surface area contributed by atoms with Crippen molar-refractivity contribution in [1.29, 1.82) is 0 Å². The SMILES string of the molecule is COc1ccc([C@H]2CCCCCN2S(C)(=O)=O)cc1. The molecular formula is C14H21NO3S. The number of hydrogen-bond acceptors (Lipinski definition) is 3. The zero-order chi connectivity index (χ0) is 13.9. The van der Waals surface area contributed by atoms with Crippen molar-refractivity contribution < 1.29 is 13.2 Å². The molecule has 1 heterocycles. The molecule has 4 nitrogen and oxygen atoms in total. The van der Waals surface area contributed by atoms with Gasteiger partial charge in [-0.3, -0.25) is 0 Å². The average Bonchev–Trinajstić information content (AvgIpc) is 2.64. The maximum atomic E-state index is 11.9. The molecule has 0 saturated carbocycles. The Morgan fingerprint density at radius 2 is 1.84 bits per heavy atom. The number of methoxy groups -OCH3 is 1. The molecule has 0 bridgehead atoms. The van der Waals surface area contributed by atoms with Crippen LogP contribution in [-0.2, 0) is 10.0 Å². The lowest BCUT2D eigenvalue weighted by atomic mass is 10.0. The van der Waals surface area contributed by atoms with E-state index in [-0.39, 0.29) is 6.04 Å². The third kappa shape index (κ3) is 3.48. The smallest absolute Gasteiger partial charge is 0.211 e. The molecule has 19 heavy (non-hydrogen) atoms. The second-order valence-electron chi connectivity index (χ2n) is 5.01. The summed E-state index contributed by atoms with van der Waals surface area (Å²) in [4.78, 5) is 0. The molecule has 0 radical (unpaired) electrons. The number of rotatable bonds is 3. The quantitative estimate of drug-likeness (QED) is 0.856. The molecule has 0 amide bonds. The van der Waals surface area contributed by atoms with Crippen LogP contribution in [0.5, 0.6) is 5.75 Å². The van der Waals surface area contributed by atoms with Gasteiger partial charge in [0.1, 0.15) is 5.75 Å². The summed E-state index contributed by atoms with van der Waals surface area (Å²) in [6, 6.07) is 7.67. The second-order valence-corrected chi connectivity index (χ2v) is 6.95. The number of sulfonamides is 1. The van der Waals surface area contributed by atoms with E-state index in [1.54, 1.807) is 11.4 Å². The highest BCUT2D eigenvalue weighted by Crippen LogP contribution is 2.32. The minimum absolute atomic E-state index is 0.0385. The number of ether oxygens (including phenoxy) is 1. The first-order valence-electron chi connectivity index (χ1n) is 6.63. The van der Waals surface area contributed by atoms with Gasteiger partial charge in [-0.25, -0.2) is 8.42 Å². The second kappa shape index (κ2) is 5.92. The van der Waals surface area contributed by atoms with Gasteiger partial charge < -0.3 is 4.74 Å². The van der Waals surface area contributed by atoms with Crippen LogP contribution in [0.2, 0.25) is 0 Å². The zero-order valence-electron chi connectivity index (χ0n) is 11.5. The Labute approximate surface area is 115 Å². The molecule has 1 aromatic rings. The largest absolute Gasteiger partial charge is 0.497 e. The molecule has 1 aliphatic heterocycles. The van der Waals surface area contributed by atoms with Gasteiger partial charge in [0.15, 0.2) is 0 Å². The van der Waals surface area contributed by atoms with Crippen molar-refractivity contribution in [2.45, 2.75) is 31.7 Å². The zero-order valence-corrected chi connectivity index (χ0v) is 12.3. The van der Waals surface area contributed by atoms with E-state index in [4.69, 9.17) is 4.74 Å². The van der Waals surface area contributed by atoms with E-state index in [2.05, 4.69) is 0 Å². The molecule has 5 heteroatoms. The fourth-order valence-electron chi connectivity index (χ4n) is 2.64. The van der Waals surface area contributed by atoms with E-state index < -0.39 is 10.0 Å². The van der Waals surface area contributed by atoms with Crippen LogP contribution in [-0.4, -0.2) is 32.6 Å². The summed E-state index contributed by atoms with van der Waals surface area (Å²) >= 11 is 0. The van der Waals surface area contributed by atoms with E-state index in [1.165, 1.54) is 6.26 Å². The van der Waals surface area contributed by atoms with E-state index in [0.717, 1.165) is 37.0 Å². The molecule has 1 fully saturated rings. The van der Waals surface area contributed by atoms with Crippen LogP contribution in [0.25, 0.3) is 0 Å². The predicted molar refractivity (Wildman–Crippen MR) is 75.8 cm³/mol. The normalized spacial score (nSPS) is 21.9. The van der Waals surface area contributed by atoms with Crippen LogP contribution in [0.4, 0.5) is 0 Å². The Morgan fingerprint density at radius 1 is 1.16 bits per heavy atom. The van der Waals surface area contributed by atoms with Gasteiger partial charge in [0.25, 0.3) is 0 Å². The maximum absolute atomic E-state index is 11.9. The lowest BCUT2D eigenvalue weighted by Gasteiger charge is -2.28. The Balaban J connectivity index is 2.31. The first kappa shape index (κ1) is 14.3. The standard InChI is InChI=1S/C14H21NO3S/c1-18-13-9-7-12(8-10-13)14-6-4-3-5-11-15(14)19(2,16)17/h7-10,14H,3-6,11H2,1-2H3/t14-/m1/s1. The summed E-state index contributed by atoms with van der Waals surface area (Å²) < 4.78 is 30.7. The first-order valence-corrected chi connectivity index (χ1v) is 8.48. The van der Waals surface area contributed by atoms with Crippen molar-refractivity contribution in [3.05, 3.63) is 29.8 Å². The predicted octanol–water partition coefficient (Wildman–Crippen LogP) is 2.57. The molecule has 1 saturated heterocycles. The summed E-state index contributed by atoms with van der Waals surface area (Å²) in [6.07, 6.45) is 5.30. The van der Waals surface area contributed by atoms with Gasteiger partial charge in [0, 0.05) is 12.6 Å². The highest BCUT2D eigenvalue weighted by atomic mass is 32.2. The van der Waals surface area contributed by atoms with E-state index >= 15 is 0 Å². The van der Waals surface area contributed by atoms with Gasteiger partial charge >= 0.3 is 0 Å². The van der Waals surface area contributed by atoms with Gasteiger partial charge in [-0.15, -0.1) is 0 Å². The Bertz CT molecular complexity index is 510. The van der Waals surface area contributed by atoms with Crippen molar-refractivity contribution in [3.8, 4) is 5.75 Å². The summed E-state index contributed by atoms with van der Waals surface area (Å²) in [7, 11) is -1.53. The van der Waals surface area contributed by atoms with Gasteiger partial charge in [0.05, 0.1) is 13.4 Å². The van der Waals surface area contributed by atoms with Gasteiger partial charge in [0.2, 0.25) is 10.0 Å². The van der Waals surface area contributed by atoms with Crippen molar-refractivity contribution in [2.75, 3.05) is 19.9 Å². The molecule has 0 aromatic heterocycles. The average molecular weight is 283 g/mol. The van der Waals surface area contributed by atoms with Crippen LogP contribution in [0.3, 0.4) is 0 Å². The minimum Gasteiger partial charge on any atom is -0.497 e. The molecule has 0 aliphatic carbocycles. The fourth-order valence-corrected chi connectivity index (χ4v) is 3.79. The van der Waals surface area contributed by atoms with Crippen molar-refractivity contribution in [1.82, 2.24) is 4.31 Å². The molecule has 1 aromatic carbocycles. The van der Waals surface area contributed by atoms with E-state index in [9.17, 15) is 8.42 Å². The lowest BCUT2D eigenvalue weighted by Crippen LogP contribution is -2.33. The summed E-state index contributed by atoms with van der Waals surface area (Å²) in [6.45, 7) is 0.621. The molecule has 1 aliphatic rings. The van der Waals surface area contributed by atoms with Crippen LogP contribution in [0.1, 0.15) is 37.3 Å². The molecule has 0 unspecified atom stereocenters. The van der Waals surface area contributed by atoms with E-state index in [0.29, 0.717) is 6.54 Å². The Morgan fingerprint density at radius 3 is 2.42 bits per heavy atom. The highest BCUT2D eigenvalue weighted by molar-refractivity contribution is 7.88. The van der Waals surface area contributed by atoms with Crippen LogP contribution >= 0.6 is 0 Å². The molecule has 2 rings (SSSR count). The third-order valence-corrected chi connectivity index (χ3v) is 4.92. The Hall–Kier alpha value is -1.07. The van der Waals surface area contributed by atoms with Gasteiger partial charge in [-0.05, 0) is 30.5 Å². The number of nitrogens with zero attached hydrogens (tertiary/aromatic N) is 1. The molecule has 1 atom stereocenters. The van der Waals surface area contributed by atoms with Crippen molar-refractivity contribution in [2.24, 2.45) is 0 Å². The lowest BCUT2D eigenvalue weighted by molar-refractivity contribution is 0.331. The third-order valence-electron chi connectivity index (χ3n) is 3.63. The molecule has 0 spiro atoms. The van der Waals surface area contributed by atoms with E-state index in [1.807, 2.05) is 24.3 Å². The molecular weight excluding hydrogens is 262 g/mol. The van der Waals surface area contributed by atoms with Crippen LogP contribution < -0.4 is 4.74 Å². The fraction of sp³-hybridized carbons (Fsp3) is 0.571. The number of benzene rings is 1. The summed E-state index contributed by atoms with van der Waals surface area (Å²) in [5.41, 5.74) is 1.05. The van der Waals surface area contributed by atoms with Gasteiger partial charge in [-0.2, -0.15) is 4.31 Å². The minimum atomic E-state index is -3.16. The molecule has 106 valence electrons. The Kier molecular flexibility index (Phi) is 4.47. The van der Waals surface area contributed by atoms with Crippen molar-refractivity contribution in [3.63, 3.8) is 0 Å². The molecule has 0 N–H and O–H groups in total. The van der Waals surface area contributed by atoms with Gasteiger partial charge in [-0.1, -0.05) is 25.0 Å². The maximum Gasteiger partial charge on any atom is 0.211 e. The van der Waals surface area contributed by atoms with Crippen LogP contribution in [0, 0.1) is 0 Å². The summed E-state index contributed by atoms with van der Waals surface area (Å²) in [5, 5.41) is 0. The monoisotopic (exact) mass is 283 g/mol. The topological polar surface area (TPSA) is 46.6 Å². The van der Waals surface area contributed by atoms with Crippen LogP contribution in [0.15, 0.2) is 24.3 Å².